The van der Waals surface area contributed by atoms with Crippen molar-refractivity contribution < 1.29 is 14.4 Å². The molecule has 2 aromatic heterocycles. The van der Waals surface area contributed by atoms with E-state index in [0.29, 0.717) is 25.6 Å². The van der Waals surface area contributed by atoms with Crippen LogP contribution in [0, 0.1) is 11.8 Å². The van der Waals surface area contributed by atoms with Crippen molar-refractivity contribution in [1.82, 2.24) is 15.0 Å². The van der Waals surface area contributed by atoms with E-state index in [1.807, 2.05) is 18.2 Å². The molecule has 1 saturated heterocycles. The van der Waals surface area contributed by atoms with E-state index < -0.39 is 5.97 Å². The average Bonchev–Trinajstić information content (AvgIpc) is 3.15. The lowest BCUT2D eigenvalue weighted by atomic mass is 10.0. The number of aliphatic carboxylic acids is 1. The lowest BCUT2D eigenvalue weighted by Crippen LogP contribution is -2.49. The van der Waals surface area contributed by atoms with E-state index in [0.717, 1.165) is 34.7 Å². The number of benzene rings is 1. The molecule has 150 valence electrons. The third kappa shape index (κ3) is 4.54. The van der Waals surface area contributed by atoms with Crippen LogP contribution in [-0.4, -0.2) is 39.2 Å². The third-order valence-electron chi connectivity index (χ3n) is 5.21. The number of aromatic nitrogens is 2. The first-order valence-corrected chi connectivity index (χ1v) is 9.94. The minimum atomic E-state index is -0.721. The third-order valence-corrected chi connectivity index (χ3v) is 5.21. The van der Waals surface area contributed by atoms with Gasteiger partial charge in [-0.25, -0.2) is 0 Å². The molecule has 0 radical (unpaired) electrons. The maximum Gasteiger partial charge on any atom is 0.309 e. The zero-order valence-corrected chi connectivity index (χ0v) is 16.7. The van der Waals surface area contributed by atoms with Crippen molar-refractivity contribution in [2.45, 2.75) is 26.8 Å². The minimum Gasteiger partial charge on any atom is -0.481 e. The van der Waals surface area contributed by atoms with Crippen LogP contribution in [0.2, 0.25) is 0 Å². The van der Waals surface area contributed by atoms with Gasteiger partial charge in [0.05, 0.1) is 11.6 Å². The zero-order valence-electron chi connectivity index (χ0n) is 16.7. The lowest BCUT2D eigenvalue weighted by molar-refractivity contribution is -0.147. The smallest absolute Gasteiger partial charge is 0.309 e. The van der Waals surface area contributed by atoms with Crippen molar-refractivity contribution in [2.24, 2.45) is 11.8 Å². The van der Waals surface area contributed by atoms with E-state index in [1.54, 1.807) is 6.20 Å². The molecule has 6 nitrogen and oxygen atoms in total. The molecular weight excluding hydrogens is 366 g/mol. The number of carboxylic acids is 1. The van der Waals surface area contributed by atoms with Crippen molar-refractivity contribution in [3.63, 3.8) is 0 Å². The number of rotatable bonds is 7. The first-order chi connectivity index (χ1) is 14.0. The van der Waals surface area contributed by atoms with E-state index in [2.05, 4.69) is 53.2 Å². The van der Waals surface area contributed by atoms with E-state index in [1.165, 1.54) is 5.56 Å². The molecule has 0 atom stereocenters. The Bertz CT molecular complexity index is 971. The summed E-state index contributed by atoms with van der Waals surface area (Å²) in [4.78, 5) is 17.5. The SMILES string of the molecule is CC(C)Cc1ccc(-c2cc(-c3ccc(CN4CC(C(=O)O)C4)nc3)no2)cc1. The number of nitrogens with zero attached hydrogens (tertiary/aromatic N) is 3. The molecule has 0 aliphatic carbocycles. The highest BCUT2D eigenvalue weighted by molar-refractivity contribution is 5.71. The first kappa shape index (κ1) is 19.3. The molecule has 0 unspecified atom stereocenters. The Morgan fingerprint density at radius 3 is 2.52 bits per heavy atom. The fraction of sp³-hybridized carbons (Fsp3) is 0.348. The Labute approximate surface area is 170 Å². The van der Waals surface area contributed by atoms with E-state index >= 15 is 0 Å². The highest BCUT2D eigenvalue weighted by Gasteiger charge is 2.32. The number of carboxylic acid groups (broad SMARTS) is 1. The van der Waals surface area contributed by atoms with Crippen LogP contribution in [0.4, 0.5) is 0 Å². The molecule has 0 spiro atoms. The average molecular weight is 391 g/mol. The topological polar surface area (TPSA) is 79.5 Å². The summed E-state index contributed by atoms with van der Waals surface area (Å²) in [6.07, 6.45) is 2.85. The summed E-state index contributed by atoms with van der Waals surface area (Å²) >= 11 is 0. The summed E-state index contributed by atoms with van der Waals surface area (Å²) in [5.74, 6) is 0.400. The summed E-state index contributed by atoms with van der Waals surface area (Å²) in [6.45, 7) is 6.26. The van der Waals surface area contributed by atoms with E-state index in [4.69, 9.17) is 9.63 Å². The van der Waals surface area contributed by atoms with Gasteiger partial charge in [-0.3, -0.25) is 14.7 Å². The molecule has 0 amide bonds. The second kappa shape index (κ2) is 8.17. The van der Waals surface area contributed by atoms with Gasteiger partial charge in [-0.2, -0.15) is 0 Å². The van der Waals surface area contributed by atoms with Crippen LogP contribution in [0.25, 0.3) is 22.6 Å². The Morgan fingerprint density at radius 1 is 1.17 bits per heavy atom. The van der Waals surface area contributed by atoms with Crippen LogP contribution >= 0.6 is 0 Å². The summed E-state index contributed by atoms with van der Waals surface area (Å²) < 4.78 is 5.54. The first-order valence-electron chi connectivity index (χ1n) is 9.94. The Balaban J connectivity index is 1.39. The quantitative estimate of drug-likeness (QED) is 0.653. The second-order valence-electron chi connectivity index (χ2n) is 8.14. The molecule has 1 N–H and O–H groups in total. The molecule has 4 rings (SSSR count). The molecule has 0 bridgehead atoms. The predicted octanol–water partition coefficient (Wildman–Crippen LogP) is 4.12. The number of carbonyl (C=O) groups is 1. The largest absolute Gasteiger partial charge is 0.481 e. The molecule has 3 heterocycles. The van der Waals surface area contributed by atoms with Gasteiger partial charge in [0.25, 0.3) is 0 Å². The zero-order chi connectivity index (χ0) is 20.4. The second-order valence-corrected chi connectivity index (χ2v) is 8.14. The summed E-state index contributed by atoms with van der Waals surface area (Å²) in [7, 11) is 0. The van der Waals surface area contributed by atoms with Crippen LogP contribution < -0.4 is 0 Å². The number of pyridine rings is 1. The molecule has 1 aliphatic heterocycles. The maximum absolute atomic E-state index is 10.9. The highest BCUT2D eigenvalue weighted by atomic mass is 16.5. The van der Waals surface area contributed by atoms with Gasteiger partial charge in [-0.15, -0.1) is 0 Å². The van der Waals surface area contributed by atoms with E-state index in [9.17, 15) is 4.79 Å². The van der Waals surface area contributed by atoms with Crippen molar-refractivity contribution in [3.05, 3.63) is 59.9 Å². The molecule has 0 saturated carbocycles. The fourth-order valence-corrected chi connectivity index (χ4v) is 3.58. The molecule has 1 fully saturated rings. The van der Waals surface area contributed by atoms with Gasteiger partial charge in [-0.1, -0.05) is 43.3 Å². The van der Waals surface area contributed by atoms with Gasteiger partial charge in [0.2, 0.25) is 0 Å². The maximum atomic E-state index is 10.9. The highest BCUT2D eigenvalue weighted by Crippen LogP contribution is 2.27. The van der Waals surface area contributed by atoms with Gasteiger partial charge >= 0.3 is 5.97 Å². The van der Waals surface area contributed by atoms with Gasteiger partial charge in [0.1, 0.15) is 5.69 Å². The number of hydrogen-bond donors (Lipinski definition) is 1. The van der Waals surface area contributed by atoms with Crippen molar-refractivity contribution >= 4 is 5.97 Å². The van der Waals surface area contributed by atoms with Gasteiger partial charge in [0.15, 0.2) is 5.76 Å². The lowest BCUT2D eigenvalue weighted by Gasteiger charge is -2.36. The number of hydrogen-bond acceptors (Lipinski definition) is 5. The van der Waals surface area contributed by atoms with Gasteiger partial charge in [0, 0.05) is 43.0 Å². The molecule has 29 heavy (non-hydrogen) atoms. The number of likely N-dealkylation sites (tertiary alicyclic amines) is 1. The Morgan fingerprint density at radius 2 is 1.90 bits per heavy atom. The predicted molar refractivity (Wildman–Crippen MR) is 110 cm³/mol. The molecule has 1 aromatic carbocycles. The van der Waals surface area contributed by atoms with Crippen LogP contribution in [0.3, 0.4) is 0 Å². The molecule has 3 aromatic rings. The van der Waals surface area contributed by atoms with Crippen molar-refractivity contribution in [1.29, 1.82) is 0 Å². The monoisotopic (exact) mass is 391 g/mol. The Hall–Kier alpha value is -2.99. The normalized spacial score (nSPS) is 14.9. The molecule has 1 aliphatic rings. The summed E-state index contributed by atoms with van der Waals surface area (Å²) in [6, 6.07) is 14.3. The fourth-order valence-electron chi connectivity index (χ4n) is 3.58. The van der Waals surface area contributed by atoms with Crippen molar-refractivity contribution in [3.8, 4) is 22.6 Å². The van der Waals surface area contributed by atoms with E-state index in [-0.39, 0.29) is 5.92 Å². The van der Waals surface area contributed by atoms with Crippen LogP contribution in [0.1, 0.15) is 25.1 Å². The van der Waals surface area contributed by atoms with Gasteiger partial charge < -0.3 is 9.63 Å². The standard InChI is InChI=1S/C23H25N3O3/c1-15(2)9-16-3-5-17(6-4-16)22-10-21(25-29-22)18-7-8-20(24-11-18)14-26-12-19(13-26)23(27)28/h3-8,10-11,15,19H,9,12-14H2,1-2H3,(H,27,28). The van der Waals surface area contributed by atoms with Crippen molar-refractivity contribution in [2.75, 3.05) is 13.1 Å². The Kier molecular flexibility index (Phi) is 5.45. The summed E-state index contributed by atoms with van der Waals surface area (Å²) in [5.41, 5.74) is 4.89. The minimum absolute atomic E-state index is 0.248. The van der Waals surface area contributed by atoms with Crippen LogP contribution in [0.5, 0.6) is 0 Å². The van der Waals surface area contributed by atoms with Crippen LogP contribution in [0.15, 0.2) is 53.2 Å². The van der Waals surface area contributed by atoms with Gasteiger partial charge in [-0.05, 0) is 30.0 Å². The molecular formula is C23H25N3O3. The summed E-state index contributed by atoms with van der Waals surface area (Å²) in [5, 5.41) is 13.1. The van der Waals surface area contributed by atoms with Crippen LogP contribution in [-0.2, 0) is 17.8 Å². The molecule has 6 heteroatoms.